The Balaban J connectivity index is 2.54. The van der Waals surface area contributed by atoms with E-state index in [2.05, 4.69) is 6.07 Å². The summed E-state index contributed by atoms with van der Waals surface area (Å²) in [5, 5.41) is 8.38. The average molecular weight is 229 g/mol. The van der Waals surface area contributed by atoms with Crippen LogP contribution in [-0.2, 0) is 4.79 Å². The van der Waals surface area contributed by atoms with Crippen molar-refractivity contribution in [3.63, 3.8) is 0 Å². The molecular weight excluding hydrogens is 214 g/mol. The Hall–Kier alpha value is -2.08. The maximum absolute atomic E-state index is 10.8. The van der Waals surface area contributed by atoms with E-state index in [0.717, 1.165) is 17.7 Å². The molecule has 1 rings (SSSR count). The summed E-state index contributed by atoms with van der Waals surface area (Å²) in [6.45, 7) is 2.05. The summed E-state index contributed by atoms with van der Waals surface area (Å²) in [5.74, 6) is 0.777. The van der Waals surface area contributed by atoms with Crippen LogP contribution in [0.1, 0.15) is 25.3 Å². The van der Waals surface area contributed by atoms with E-state index in [1.54, 1.807) is 6.08 Å². The van der Waals surface area contributed by atoms with Gasteiger partial charge >= 0.3 is 0 Å². The zero-order valence-corrected chi connectivity index (χ0v) is 9.85. The minimum Gasteiger partial charge on any atom is -0.494 e. The first-order chi connectivity index (χ1) is 8.22. The van der Waals surface area contributed by atoms with Gasteiger partial charge in [0, 0.05) is 6.42 Å². The summed E-state index contributed by atoms with van der Waals surface area (Å²) in [6.07, 6.45) is 4.51. The number of carbonyl (C=O) groups excluding carboxylic acids is 1. The fourth-order valence-electron chi connectivity index (χ4n) is 1.26. The number of ether oxygens (including phenoxy) is 1. The van der Waals surface area contributed by atoms with E-state index in [0.29, 0.717) is 13.0 Å². The van der Waals surface area contributed by atoms with E-state index in [4.69, 9.17) is 10.00 Å². The molecule has 0 fully saturated rings. The van der Waals surface area contributed by atoms with Crippen molar-refractivity contribution in [2.75, 3.05) is 6.61 Å². The van der Waals surface area contributed by atoms with E-state index >= 15 is 0 Å². The Morgan fingerprint density at radius 1 is 1.53 bits per heavy atom. The summed E-state index contributed by atoms with van der Waals surface area (Å²) in [4.78, 5) is 10.8. The molecule has 88 valence electrons. The lowest BCUT2D eigenvalue weighted by molar-refractivity contribution is -0.112. The first kappa shape index (κ1) is 13.0. The Labute approximate surface area is 101 Å². The van der Waals surface area contributed by atoms with Crippen molar-refractivity contribution in [1.82, 2.24) is 0 Å². The van der Waals surface area contributed by atoms with Gasteiger partial charge in [0.1, 0.15) is 5.75 Å². The fraction of sp³-hybridized carbons (Fsp3) is 0.286. The molecule has 0 radical (unpaired) electrons. The highest BCUT2D eigenvalue weighted by atomic mass is 16.5. The van der Waals surface area contributed by atoms with Crippen LogP contribution in [0.15, 0.2) is 30.3 Å². The van der Waals surface area contributed by atoms with Crippen LogP contribution < -0.4 is 4.74 Å². The van der Waals surface area contributed by atoms with Crippen molar-refractivity contribution >= 4 is 11.9 Å². The molecular formula is C14H15NO2. The molecule has 0 aromatic heterocycles. The number of allylic oxidation sites excluding steroid dienone is 1. The van der Waals surface area contributed by atoms with Crippen LogP contribution in [0, 0.1) is 11.3 Å². The van der Waals surface area contributed by atoms with Crippen molar-refractivity contribution < 1.29 is 9.53 Å². The topological polar surface area (TPSA) is 50.1 Å². The number of ketones is 1. The van der Waals surface area contributed by atoms with Crippen LogP contribution in [0.4, 0.5) is 0 Å². The highest BCUT2D eigenvalue weighted by Crippen LogP contribution is 2.14. The van der Waals surface area contributed by atoms with Crippen molar-refractivity contribution in [3.8, 4) is 11.8 Å². The molecule has 3 heteroatoms. The summed E-state index contributed by atoms with van der Waals surface area (Å²) in [7, 11) is 0. The minimum absolute atomic E-state index is 0.0188. The maximum atomic E-state index is 10.8. The van der Waals surface area contributed by atoms with E-state index in [1.165, 1.54) is 13.0 Å². The van der Waals surface area contributed by atoms with Crippen molar-refractivity contribution in [2.24, 2.45) is 0 Å². The molecule has 17 heavy (non-hydrogen) atoms. The molecule has 0 N–H and O–H groups in total. The standard InChI is InChI=1S/C14H15NO2/c1-12(16)7-8-13-5-4-6-14(11-13)17-10-3-2-9-15/h4-8,11H,2-3,10H2,1H3/b8-7+. The lowest BCUT2D eigenvalue weighted by Gasteiger charge is -2.05. The van der Waals surface area contributed by atoms with Gasteiger partial charge in [-0.2, -0.15) is 5.26 Å². The molecule has 0 amide bonds. The molecule has 0 unspecified atom stereocenters. The zero-order chi connectivity index (χ0) is 12.5. The summed E-state index contributed by atoms with van der Waals surface area (Å²) >= 11 is 0. The smallest absolute Gasteiger partial charge is 0.152 e. The number of rotatable bonds is 6. The van der Waals surface area contributed by atoms with Gasteiger partial charge < -0.3 is 4.74 Å². The van der Waals surface area contributed by atoms with Gasteiger partial charge in [0.2, 0.25) is 0 Å². The molecule has 0 heterocycles. The van der Waals surface area contributed by atoms with Gasteiger partial charge in [-0.05, 0) is 37.1 Å². The molecule has 1 aromatic carbocycles. The van der Waals surface area contributed by atoms with E-state index in [9.17, 15) is 4.79 Å². The molecule has 1 aromatic rings. The third-order valence-electron chi connectivity index (χ3n) is 2.07. The Kier molecular flexibility index (Phi) is 5.53. The van der Waals surface area contributed by atoms with Crippen molar-refractivity contribution in [2.45, 2.75) is 19.8 Å². The quantitative estimate of drug-likeness (QED) is 0.556. The predicted molar refractivity (Wildman–Crippen MR) is 66.5 cm³/mol. The SMILES string of the molecule is CC(=O)/C=C/c1cccc(OCCCC#N)c1. The first-order valence-electron chi connectivity index (χ1n) is 5.51. The van der Waals surface area contributed by atoms with Crippen LogP contribution in [-0.4, -0.2) is 12.4 Å². The van der Waals surface area contributed by atoms with Crippen LogP contribution in [0.5, 0.6) is 5.75 Å². The Bertz CT molecular complexity index is 444. The number of benzene rings is 1. The number of unbranched alkanes of at least 4 members (excludes halogenated alkanes) is 1. The number of carbonyl (C=O) groups is 1. The normalized spacial score (nSPS) is 10.1. The summed E-state index contributed by atoms with van der Waals surface area (Å²) in [5.41, 5.74) is 0.929. The van der Waals surface area contributed by atoms with Crippen LogP contribution in [0.3, 0.4) is 0 Å². The van der Waals surface area contributed by atoms with Crippen molar-refractivity contribution in [1.29, 1.82) is 5.26 Å². The molecule has 0 spiro atoms. The third kappa shape index (κ3) is 5.53. The second-order valence-corrected chi connectivity index (χ2v) is 3.63. The van der Waals surface area contributed by atoms with Gasteiger partial charge in [-0.1, -0.05) is 18.2 Å². The highest BCUT2D eigenvalue weighted by molar-refractivity contribution is 5.91. The summed E-state index contributed by atoms with van der Waals surface area (Å²) < 4.78 is 5.49. The molecule has 0 aliphatic heterocycles. The molecule has 0 saturated heterocycles. The van der Waals surface area contributed by atoms with Crippen molar-refractivity contribution in [3.05, 3.63) is 35.9 Å². The van der Waals surface area contributed by atoms with Gasteiger partial charge in [0.05, 0.1) is 12.7 Å². The van der Waals surface area contributed by atoms with Gasteiger partial charge in [-0.15, -0.1) is 0 Å². The number of hydrogen-bond donors (Lipinski definition) is 0. The summed E-state index contributed by atoms with van der Waals surface area (Å²) in [6, 6.07) is 9.57. The minimum atomic E-state index is 0.0188. The maximum Gasteiger partial charge on any atom is 0.152 e. The second kappa shape index (κ2) is 7.24. The molecule has 0 aliphatic carbocycles. The largest absolute Gasteiger partial charge is 0.494 e. The number of nitrogens with zero attached hydrogens (tertiary/aromatic N) is 1. The van der Waals surface area contributed by atoms with Crippen LogP contribution in [0.2, 0.25) is 0 Å². The number of hydrogen-bond acceptors (Lipinski definition) is 3. The van der Waals surface area contributed by atoms with E-state index in [1.807, 2.05) is 24.3 Å². The predicted octanol–water partition coefficient (Wildman–Crippen LogP) is 2.97. The van der Waals surface area contributed by atoms with Crippen LogP contribution >= 0.6 is 0 Å². The number of nitriles is 1. The van der Waals surface area contributed by atoms with Gasteiger partial charge in [-0.3, -0.25) is 4.79 Å². The Morgan fingerprint density at radius 2 is 2.35 bits per heavy atom. The van der Waals surface area contributed by atoms with E-state index < -0.39 is 0 Å². The van der Waals surface area contributed by atoms with Gasteiger partial charge in [0.25, 0.3) is 0 Å². The molecule has 0 aliphatic rings. The van der Waals surface area contributed by atoms with E-state index in [-0.39, 0.29) is 5.78 Å². The van der Waals surface area contributed by atoms with Gasteiger partial charge in [0.15, 0.2) is 5.78 Å². The molecule has 0 atom stereocenters. The second-order valence-electron chi connectivity index (χ2n) is 3.63. The zero-order valence-electron chi connectivity index (χ0n) is 9.85. The third-order valence-corrected chi connectivity index (χ3v) is 2.07. The fourth-order valence-corrected chi connectivity index (χ4v) is 1.26. The molecule has 0 bridgehead atoms. The van der Waals surface area contributed by atoms with Gasteiger partial charge in [-0.25, -0.2) is 0 Å². The molecule has 0 saturated carbocycles. The molecule has 3 nitrogen and oxygen atoms in total. The lowest BCUT2D eigenvalue weighted by atomic mass is 10.2. The lowest BCUT2D eigenvalue weighted by Crippen LogP contribution is -1.96. The first-order valence-corrected chi connectivity index (χ1v) is 5.51. The average Bonchev–Trinajstić information content (AvgIpc) is 2.33. The Morgan fingerprint density at radius 3 is 3.06 bits per heavy atom. The highest BCUT2D eigenvalue weighted by Gasteiger charge is 1.95. The van der Waals surface area contributed by atoms with Crippen LogP contribution in [0.25, 0.3) is 6.08 Å². The monoisotopic (exact) mass is 229 g/mol.